The fraction of sp³-hybridized carbons (Fsp3) is 0.314. The van der Waals surface area contributed by atoms with E-state index in [-0.39, 0.29) is 58.1 Å². The predicted molar refractivity (Wildman–Crippen MR) is 176 cm³/mol. The lowest BCUT2D eigenvalue weighted by molar-refractivity contribution is -0.123. The van der Waals surface area contributed by atoms with Crippen LogP contribution in [0.1, 0.15) is 28.3 Å². The maximum Gasteiger partial charge on any atom is 0.305 e. The predicted octanol–water partition coefficient (Wildman–Crippen LogP) is 5.45. The number of hydrogen-bond acceptors (Lipinski definition) is 8. The van der Waals surface area contributed by atoms with E-state index in [9.17, 15) is 19.2 Å². The number of imide groups is 1. The van der Waals surface area contributed by atoms with Gasteiger partial charge >= 0.3 is 4.87 Å². The van der Waals surface area contributed by atoms with Crippen LogP contribution >= 0.6 is 23.1 Å². The van der Waals surface area contributed by atoms with Gasteiger partial charge in [-0.15, -0.1) is 11.8 Å². The minimum absolute atomic E-state index is 0.00284. The van der Waals surface area contributed by atoms with Crippen molar-refractivity contribution < 1.29 is 23.9 Å². The van der Waals surface area contributed by atoms with Crippen LogP contribution in [-0.4, -0.2) is 41.7 Å². The fourth-order valence-corrected chi connectivity index (χ4v) is 11.2. The van der Waals surface area contributed by atoms with Crippen LogP contribution in [0.3, 0.4) is 0 Å². The number of aromatic amines is 1. The van der Waals surface area contributed by atoms with Crippen molar-refractivity contribution in [1.82, 2.24) is 4.98 Å². The molecular formula is C35H31N3O6S2. The van der Waals surface area contributed by atoms with Crippen molar-refractivity contribution >= 4 is 52.2 Å². The van der Waals surface area contributed by atoms with E-state index in [1.165, 1.54) is 16.2 Å². The van der Waals surface area contributed by atoms with Gasteiger partial charge in [-0.25, -0.2) is 0 Å². The Labute approximate surface area is 273 Å². The minimum Gasteiger partial charge on any atom is -0.497 e. The van der Waals surface area contributed by atoms with E-state index in [4.69, 9.17) is 9.47 Å². The standard InChI is InChI=1S/C35H31N3O6S2/c1-17-6-5-7-18(14-17)36-25(39)16-44-24-9-4-3-8-21(24)26-27-22-15-23(30(27)45-32-31(26)46-35(42)37-32)29-28(22)33(40)38(34(29)41)19-10-12-20(43-2)13-11-19/h3-14,22-23,26-30H,15-16H2,1-2H3,(H,36,39)(H,37,42)/t22-,23-,26-,27?,28?,29?,30?/m1/s1. The zero-order valence-electron chi connectivity index (χ0n) is 25.1. The monoisotopic (exact) mass is 653 g/mol. The number of rotatable bonds is 7. The smallest absolute Gasteiger partial charge is 0.305 e. The molecular weight excluding hydrogens is 623 g/mol. The molecule has 2 saturated carbocycles. The summed E-state index contributed by atoms with van der Waals surface area (Å²) >= 11 is 2.83. The Hall–Kier alpha value is -4.35. The molecule has 11 heteroatoms. The molecule has 7 atom stereocenters. The lowest BCUT2D eigenvalue weighted by Gasteiger charge is -2.43. The highest BCUT2D eigenvalue weighted by molar-refractivity contribution is 8.00. The van der Waals surface area contributed by atoms with Crippen LogP contribution < -0.4 is 24.6 Å². The van der Waals surface area contributed by atoms with Gasteiger partial charge in [0.2, 0.25) is 11.8 Å². The van der Waals surface area contributed by atoms with Gasteiger partial charge in [-0.3, -0.25) is 24.1 Å². The molecule has 2 aliphatic carbocycles. The highest BCUT2D eigenvalue weighted by atomic mass is 32.2. The number of thioether (sulfide) groups is 1. The zero-order chi connectivity index (χ0) is 31.7. The molecule has 0 radical (unpaired) electrons. The molecule has 3 aromatic carbocycles. The van der Waals surface area contributed by atoms with Crippen molar-refractivity contribution in [3.05, 3.63) is 98.5 Å². The number of methoxy groups -OCH3 is 1. The number of nitrogens with zero attached hydrogens (tertiary/aromatic N) is 1. The van der Waals surface area contributed by atoms with Gasteiger partial charge in [0.05, 0.1) is 29.7 Å². The van der Waals surface area contributed by atoms with Gasteiger partial charge in [-0.1, -0.05) is 41.7 Å². The van der Waals surface area contributed by atoms with Gasteiger partial charge in [0.1, 0.15) is 11.5 Å². The summed E-state index contributed by atoms with van der Waals surface area (Å²) in [4.78, 5) is 58.8. The molecule has 8 rings (SSSR count). The highest BCUT2D eigenvalue weighted by Crippen LogP contribution is 2.69. The second kappa shape index (κ2) is 11.2. The Morgan fingerprint density at radius 3 is 2.50 bits per heavy atom. The number of fused-ring (bicyclic) bond motifs is 9. The van der Waals surface area contributed by atoms with Crippen LogP contribution in [0.5, 0.6) is 11.5 Å². The highest BCUT2D eigenvalue weighted by Gasteiger charge is 2.69. The first-order valence-electron chi connectivity index (χ1n) is 15.3. The van der Waals surface area contributed by atoms with E-state index in [0.29, 0.717) is 22.9 Å². The molecule has 2 bridgehead atoms. The summed E-state index contributed by atoms with van der Waals surface area (Å²) in [5.41, 5.74) is 3.18. The maximum atomic E-state index is 14.1. The van der Waals surface area contributed by atoms with Crippen molar-refractivity contribution in [3.63, 3.8) is 0 Å². The van der Waals surface area contributed by atoms with Crippen molar-refractivity contribution in [2.75, 3.05) is 23.9 Å². The first kappa shape index (κ1) is 29.1. The first-order chi connectivity index (χ1) is 22.3. The molecule has 2 aliphatic heterocycles. The third-order valence-electron chi connectivity index (χ3n) is 9.97. The molecule has 3 heterocycles. The van der Waals surface area contributed by atoms with Crippen LogP contribution in [0.25, 0.3) is 0 Å². The van der Waals surface area contributed by atoms with Gasteiger partial charge in [0, 0.05) is 27.3 Å². The number of thiazole rings is 1. The zero-order valence-corrected chi connectivity index (χ0v) is 26.7. The van der Waals surface area contributed by atoms with Crippen LogP contribution in [-0.2, 0) is 14.4 Å². The Bertz CT molecular complexity index is 1940. The quantitative estimate of drug-likeness (QED) is 0.255. The van der Waals surface area contributed by atoms with Crippen LogP contribution in [0, 0.1) is 36.5 Å². The van der Waals surface area contributed by atoms with Crippen molar-refractivity contribution in [3.8, 4) is 11.5 Å². The summed E-state index contributed by atoms with van der Waals surface area (Å²) in [6, 6.07) is 22.3. The minimum atomic E-state index is -0.422. The number of benzene rings is 3. The van der Waals surface area contributed by atoms with Gasteiger partial charge in [0.15, 0.2) is 6.61 Å². The topological polar surface area (TPSA) is 118 Å². The largest absolute Gasteiger partial charge is 0.497 e. The number of aryl methyl sites for hydroxylation is 1. The molecule has 0 spiro atoms. The molecule has 3 fully saturated rings. The molecule has 234 valence electrons. The third kappa shape index (κ3) is 4.59. The number of ether oxygens (including phenoxy) is 2. The number of nitrogens with one attached hydrogen (secondary N) is 2. The second-order valence-corrected chi connectivity index (χ2v) is 14.6. The van der Waals surface area contributed by atoms with E-state index < -0.39 is 11.8 Å². The number of aromatic nitrogens is 1. The van der Waals surface area contributed by atoms with Gasteiger partial charge < -0.3 is 19.8 Å². The van der Waals surface area contributed by atoms with Crippen molar-refractivity contribution in [2.24, 2.45) is 29.6 Å². The molecule has 1 aromatic heterocycles. The SMILES string of the molecule is COc1ccc(N2C(=O)C3C(C2=O)[C@@H]2C[C@H]3C3Sc4[nH]c(=O)sc4[C@H](c4ccccc4OCC(=O)Nc4cccc(C)c4)C32)cc1. The molecule has 4 aliphatic rings. The molecule has 3 amide bonds. The molecule has 1 saturated heterocycles. The molecule has 2 N–H and O–H groups in total. The van der Waals surface area contributed by atoms with Crippen LogP contribution in [0.2, 0.25) is 0 Å². The number of anilines is 2. The average molecular weight is 654 g/mol. The Morgan fingerprint density at radius 1 is 0.978 bits per heavy atom. The van der Waals surface area contributed by atoms with Crippen molar-refractivity contribution in [1.29, 1.82) is 0 Å². The lowest BCUT2D eigenvalue weighted by Crippen LogP contribution is -2.42. The van der Waals surface area contributed by atoms with Gasteiger partial charge in [-0.2, -0.15) is 0 Å². The van der Waals surface area contributed by atoms with Crippen LogP contribution in [0.4, 0.5) is 11.4 Å². The number of amides is 3. The van der Waals surface area contributed by atoms with E-state index >= 15 is 0 Å². The summed E-state index contributed by atoms with van der Waals surface area (Å²) in [6.07, 6.45) is 0.781. The fourth-order valence-electron chi connectivity index (χ4n) is 8.28. The average Bonchev–Trinajstić information content (AvgIpc) is 3.79. The van der Waals surface area contributed by atoms with E-state index in [1.54, 1.807) is 43.1 Å². The number of hydrogen-bond donors (Lipinski definition) is 2. The molecule has 9 nitrogen and oxygen atoms in total. The normalized spacial score (nSPS) is 27.3. The number of carbonyl (C=O) groups is 3. The van der Waals surface area contributed by atoms with E-state index in [1.807, 2.05) is 55.5 Å². The second-order valence-electron chi connectivity index (χ2n) is 12.4. The summed E-state index contributed by atoms with van der Waals surface area (Å²) in [5, 5.41) is 3.76. The molecule has 4 unspecified atom stereocenters. The summed E-state index contributed by atoms with van der Waals surface area (Å²) in [6.45, 7) is 1.78. The van der Waals surface area contributed by atoms with Crippen LogP contribution in [0.15, 0.2) is 82.6 Å². The molecule has 46 heavy (non-hydrogen) atoms. The van der Waals surface area contributed by atoms with E-state index in [0.717, 1.165) is 27.5 Å². The Balaban J connectivity index is 1.12. The summed E-state index contributed by atoms with van der Waals surface area (Å²) in [5.74, 6) is -0.426. The third-order valence-corrected chi connectivity index (χ3v) is 12.6. The number of carbonyl (C=O) groups excluding carboxylic acids is 3. The lowest BCUT2D eigenvalue weighted by atomic mass is 9.68. The Morgan fingerprint density at radius 2 is 1.74 bits per heavy atom. The van der Waals surface area contributed by atoms with Gasteiger partial charge in [-0.05, 0) is 79.1 Å². The number of para-hydroxylation sites is 1. The van der Waals surface area contributed by atoms with Gasteiger partial charge in [0.25, 0.3) is 5.91 Å². The Kier molecular flexibility index (Phi) is 7.06. The summed E-state index contributed by atoms with van der Waals surface area (Å²) < 4.78 is 11.5. The maximum absolute atomic E-state index is 14.1. The number of H-pyrrole nitrogens is 1. The molecule has 4 aromatic rings. The summed E-state index contributed by atoms with van der Waals surface area (Å²) in [7, 11) is 1.58. The first-order valence-corrected chi connectivity index (χ1v) is 17.0. The van der Waals surface area contributed by atoms with E-state index in [2.05, 4.69) is 10.3 Å². The van der Waals surface area contributed by atoms with Crippen molar-refractivity contribution in [2.45, 2.75) is 29.5 Å².